The van der Waals surface area contributed by atoms with Crippen molar-refractivity contribution in [3.05, 3.63) is 43.7 Å². The molecule has 2 heterocycles. The molecule has 1 aliphatic carbocycles. The molecule has 1 atom stereocenters. The van der Waals surface area contributed by atoms with Crippen LogP contribution in [0.3, 0.4) is 0 Å². The number of halogens is 1. The highest BCUT2D eigenvalue weighted by molar-refractivity contribution is 7.16. The van der Waals surface area contributed by atoms with Gasteiger partial charge in [0.05, 0.1) is 10.4 Å². The highest BCUT2D eigenvalue weighted by Crippen LogP contribution is 2.33. The van der Waals surface area contributed by atoms with Gasteiger partial charge in [-0.3, -0.25) is 0 Å². The van der Waals surface area contributed by atoms with Gasteiger partial charge in [0.15, 0.2) is 0 Å². The molecule has 114 valence electrons. The molecule has 1 aliphatic rings. The molecule has 2 aromatic heterocycles. The van der Waals surface area contributed by atoms with Crippen molar-refractivity contribution in [3.8, 4) is 0 Å². The largest absolute Gasteiger partial charge is 0.305 e. The van der Waals surface area contributed by atoms with Gasteiger partial charge < -0.3 is 5.32 Å². The lowest BCUT2D eigenvalue weighted by atomic mass is 10.0. The minimum absolute atomic E-state index is 0.311. The Labute approximate surface area is 140 Å². The van der Waals surface area contributed by atoms with E-state index < -0.39 is 0 Å². The van der Waals surface area contributed by atoms with Gasteiger partial charge in [0.2, 0.25) is 0 Å². The number of hydrogen-bond donors (Lipinski definition) is 1. The lowest BCUT2D eigenvalue weighted by Crippen LogP contribution is -2.22. The van der Waals surface area contributed by atoms with Gasteiger partial charge in [0.1, 0.15) is 0 Å². The smallest absolute Gasteiger partial charge is 0.0931 e. The Kier molecular flexibility index (Phi) is 5.75. The van der Waals surface area contributed by atoms with Gasteiger partial charge in [-0.15, -0.1) is 22.7 Å². The second kappa shape index (κ2) is 7.77. The summed E-state index contributed by atoms with van der Waals surface area (Å²) >= 11 is 9.61. The molecule has 21 heavy (non-hydrogen) atoms. The van der Waals surface area contributed by atoms with E-state index in [1.54, 1.807) is 11.3 Å². The third-order valence-electron chi connectivity index (χ3n) is 4.32. The molecule has 1 saturated carbocycles. The van der Waals surface area contributed by atoms with E-state index >= 15 is 0 Å². The highest BCUT2D eigenvalue weighted by Gasteiger charge is 2.18. The van der Waals surface area contributed by atoms with Gasteiger partial charge >= 0.3 is 0 Å². The Morgan fingerprint density at radius 1 is 1.19 bits per heavy atom. The van der Waals surface area contributed by atoms with E-state index in [2.05, 4.69) is 28.9 Å². The molecule has 0 saturated heterocycles. The average Bonchev–Trinajstić information content (AvgIpc) is 3.20. The predicted molar refractivity (Wildman–Crippen MR) is 94.7 cm³/mol. The summed E-state index contributed by atoms with van der Waals surface area (Å²) in [7, 11) is 0. The molecule has 1 nitrogen and oxygen atoms in total. The average molecular weight is 340 g/mol. The van der Waals surface area contributed by atoms with Crippen molar-refractivity contribution in [1.29, 1.82) is 0 Å². The lowest BCUT2D eigenvalue weighted by Gasteiger charge is -2.17. The van der Waals surface area contributed by atoms with E-state index in [0.717, 1.165) is 16.8 Å². The number of thiophene rings is 2. The SMILES string of the molecule is Clc1ccc(C(NCCCC2CCCC2)c2cccs2)s1. The third-order valence-corrected chi connectivity index (χ3v) is 6.55. The van der Waals surface area contributed by atoms with Gasteiger partial charge in [0, 0.05) is 9.75 Å². The van der Waals surface area contributed by atoms with Crippen LogP contribution in [0.1, 0.15) is 54.3 Å². The van der Waals surface area contributed by atoms with Crippen LogP contribution in [0, 0.1) is 5.92 Å². The van der Waals surface area contributed by atoms with Crippen molar-refractivity contribution in [2.24, 2.45) is 5.92 Å². The van der Waals surface area contributed by atoms with Gasteiger partial charge in [0.25, 0.3) is 0 Å². The van der Waals surface area contributed by atoms with Crippen molar-refractivity contribution in [2.45, 2.75) is 44.6 Å². The zero-order valence-corrected chi connectivity index (χ0v) is 14.6. The topological polar surface area (TPSA) is 12.0 Å². The summed E-state index contributed by atoms with van der Waals surface area (Å²) in [6.07, 6.45) is 8.47. The molecule has 0 aromatic carbocycles. The summed E-state index contributed by atoms with van der Waals surface area (Å²) in [5.74, 6) is 0.989. The predicted octanol–water partition coefficient (Wildman–Crippen LogP) is 6.11. The molecular weight excluding hydrogens is 318 g/mol. The molecular formula is C17H22ClNS2. The molecule has 0 bridgehead atoms. The summed E-state index contributed by atoms with van der Waals surface area (Å²) in [5, 5.41) is 5.89. The van der Waals surface area contributed by atoms with E-state index in [1.807, 2.05) is 17.4 Å². The van der Waals surface area contributed by atoms with Crippen LogP contribution in [-0.4, -0.2) is 6.54 Å². The van der Waals surface area contributed by atoms with Crippen LogP contribution in [0.4, 0.5) is 0 Å². The minimum Gasteiger partial charge on any atom is -0.305 e. The molecule has 0 radical (unpaired) electrons. The van der Waals surface area contributed by atoms with Crippen LogP contribution in [0.25, 0.3) is 0 Å². The third kappa shape index (κ3) is 4.32. The normalized spacial score (nSPS) is 17.4. The minimum atomic E-state index is 0.311. The van der Waals surface area contributed by atoms with Crippen LogP contribution < -0.4 is 5.32 Å². The zero-order chi connectivity index (χ0) is 14.5. The van der Waals surface area contributed by atoms with Gasteiger partial charge in [-0.05, 0) is 48.9 Å². The Balaban J connectivity index is 1.55. The fourth-order valence-electron chi connectivity index (χ4n) is 3.22. The summed E-state index contributed by atoms with van der Waals surface area (Å²) < 4.78 is 0.874. The number of rotatable bonds is 7. The second-order valence-corrected chi connectivity index (χ2v) is 8.56. The van der Waals surface area contributed by atoms with Crippen LogP contribution in [0.15, 0.2) is 29.6 Å². The van der Waals surface area contributed by atoms with Crippen molar-refractivity contribution < 1.29 is 0 Å². The van der Waals surface area contributed by atoms with Gasteiger partial charge in [-0.1, -0.05) is 43.4 Å². The maximum absolute atomic E-state index is 6.11. The van der Waals surface area contributed by atoms with Crippen molar-refractivity contribution in [1.82, 2.24) is 5.32 Å². The molecule has 0 aliphatic heterocycles. The van der Waals surface area contributed by atoms with E-state index in [-0.39, 0.29) is 0 Å². The first kappa shape index (κ1) is 15.5. The first-order chi connectivity index (χ1) is 10.3. The van der Waals surface area contributed by atoms with Crippen LogP contribution in [-0.2, 0) is 0 Å². The first-order valence-corrected chi connectivity index (χ1v) is 9.92. The van der Waals surface area contributed by atoms with Crippen LogP contribution >= 0.6 is 34.3 Å². The summed E-state index contributed by atoms with van der Waals surface area (Å²) in [6, 6.07) is 8.81. The molecule has 3 rings (SSSR count). The van der Waals surface area contributed by atoms with E-state index in [0.29, 0.717) is 6.04 Å². The summed E-state index contributed by atoms with van der Waals surface area (Å²) in [4.78, 5) is 2.71. The zero-order valence-electron chi connectivity index (χ0n) is 12.2. The lowest BCUT2D eigenvalue weighted by molar-refractivity contribution is 0.463. The van der Waals surface area contributed by atoms with E-state index in [9.17, 15) is 0 Å². The maximum atomic E-state index is 6.11. The Hall–Kier alpha value is -0.350. The van der Waals surface area contributed by atoms with Gasteiger partial charge in [-0.25, -0.2) is 0 Å². The Bertz CT molecular complexity index is 529. The monoisotopic (exact) mass is 339 g/mol. The van der Waals surface area contributed by atoms with E-state index in [4.69, 9.17) is 11.6 Å². The standard InChI is InChI=1S/C17H22ClNS2/c18-16-10-9-15(21-16)17(14-8-4-12-20-14)19-11-3-7-13-5-1-2-6-13/h4,8-10,12-13,17,19H,1-3,5-7,11H2. The molecule has 4 heteroatoms. The van der Waals surface area contributed by atoms with Crippen molar-refractivity contribution >= 4 is 34.3 Å². The molecule has 0 amide bonds. The van der Waals surface area contributed by atoms with Crippen LogP contribution in [0.5, 0.6) is 0 Å². The second-order valence-electron chi connectivity index (χ2n) is 5.84. The molecule has 2 aromatic rings. The number of nitrogens with one attached hydrogen (secondary N) is 1. The quantitative estimate of drug-likeness (QED) is 0.600. The van der Waals surface area contributed by atoms with Crippen molar-refractivity contribution in [3.63, 3.8) is 0 Å². The molecule has 1 fully saturated rings. The summed E-state index contributed by atoms with van der Waals surface area (Å²) in [6.45, 7) is 1.09. The fourth-order valence-corrected chi connectivity index (χ4v) is 5.26. The highest BCUT2D eigenvalue weighted by atomic mass is 35.5. The first-order valence-electron chi connectivity index (χ1n) is 7.85. The summed E-state index contributed by atoms with van der Waals surface area (Å²) in [5.41, 5.74) is 0. The Morgan fingerprint density at radius 2 is 2.05 bits per heavy atom. The van der Waals surface area contributed by atoms with Gasteiger partial charge in [-0.2, -0.15) is 0 Å². The number of hydrogen-bond acceptors (Lipinski definition) is 3. The fraction of sp³-hybridized carbons (Fsp3) is 0.529. The van der Waals surface area contributed by atoms with Crippen molar-refractivity contribution in [2.75, 3.05) is 6.54 Å². The molecule has 0 spiro atoms. The molecule has 1 N–H and O–H groups in total. The Morgan fingerprint density at radius 3 is 2.71 bits per heavy atom. The van der Waals surface area contributed by atoms with Crippen LogP contribution in [0.2, 0.25) is 4.34 Å². The van der Waals surface area contributed by atoms with E-state index in [1.165, 1.54) is 48.3 Å². The molecule has 1 unspecified atom stereocenters. The maximum Gasteiger partial charge on any atom is 0.0931 e.